The Bertz CT molecular complexity index is 555. The summed E-state index contributed by atoms with van der Waals surface area (Å²) in [7, 11) is 0. The fourth-order valence-electron chi connectivity index (χ4n) is 2.50. The van der Waals surface area contributed by atoms with Gasteiger partial charge in [-0.1, -0.05) is 66.8 Å². The number of rotatable bonds is 8. The van der Waals surface area contributed by atoms with Gasteiger partial charge in [0.2, 0.25) is 5.91 Å². The average Bonchev–Trinajstić information content (AvgIpc) is 3.25. The van der Waals surface area contributed by atoms with Crippen molar-refractivity contribution in [2.24, 2.45) is 5.92 Å². The number of hydrogen-bond donors (Lipinski definition) is 1. The lowest BCUT2D eigenvalue weighted by molar-refractivity contribution is -0.130. The number of alkyl halides is 1. The summed E-state index contributed by atoms with van der Waals surface area (Å²) in [5.41, 5.74) is 0.416. The summed E-state index contributed by atoms with van der Waals surface area (Å²) in [4.78, 5) is 25.0. The van der Waals surface area contributed by atoms with E-state index in [1.807, 2.05) is 44.2 Å². The Morgan fingerprint density at radius 3 is 2.43 bits per heavy atom. The summed E-state index contributed by atoms with van der Waals surface area (Å²) in [6.07, 6.45) is 1.29. The standard InChI is InChI=1S/C18H24INO3/c1-12(2)9-15(16(21)18(3)11-23-18)20-17(22)14(19)10-13-7-5-4-6-8-13/h4-8,12,14-15H,9-11H2,1-3H3,(H,20,22)/t14-,15-,18+/m0/s1. The van der Waals surface area contributed by atoms with Crippen LogP contribution in [-0.2, 0) is 20.7 Å². The molecule has 0 unspecified atom stereocenters. The highest BCUT2D eigenvalue weighted by Crippen LogP contribution is 2.29. The first-order valence-corrected chi connectivity index (χ1v) is 9.23. The highest BCUT2D eigenvalue weighted by atomic mass is 127. The second kappa shape index (κ2) is 7.75. The molecule has 5 heteroatoms. The number of ketones is 1. The maximum Gasteiger partial charge on any atom is 0.233 e. The predicted molar refractivity (Wildman–Crippen MR) is 98.7 cm³/mol. The van der Waals surface area contributed by atoms with E-state index >= 15 is 0 Å². The van der Waals surface area contributed by atoms with Gasteiger partial charge in [0.1, 0.15) is 5.60 Å². The molecule has 1 aliphatic rings. The number of ether oxygens (including phenoxy) is 1. The molecule has 1 heterocycles. The molecule has 1 fully saturated rings. The van der Waals surface area contributed by atoms with Crippen molar-refractivity contribution in [1.82, 2.24) is 5.32 Å². The summed E-state index contributed by atoms with van der Waals surface area (Å²) in [6.45, 7) is 6.34. The molecule has 23 heavy (non-hydrogen) atoms. The normalized spacial score (nSPS) is 22.5. The molecular weight excluding hydrogens is 405 g/mol. The minimum absolute atomic E-state index is 0.0112. The molecule has 0 saturated carbocycles. The van der Waals surface area contributed by atoms with Crippen molar-refractivity contribution in [2.45, 2.75) is 49.2 Å². The van der Waals surface area contributed by atoms with Crippen LogP contribution in [-0.4, -0.2) is 33.9 Å². The van der Waals surface area contributed by atoms with Crippen molar-refractivity contribution >= 4 is 34.3 Å². The lowest BCUT2D eigenvalue weighted by Crippen LogP contribution is -2.49. The number of amides is 1. The van der Waals surface area contributed by atoms with E-state index in [0.717, 1.165) is 5.56 Å². The number of hydrogen-bond acceptors (Lipinski definition) is 3. The van der Waals surface area contributed by atoms with Gasteiger partial charge in [0, 0.05) is 0 Å². The van der Waals surface area contributed by atoms with Crippen LogP contribution in [0.4, 0.5) is 0 Å². The topological polar surface area (TPSA) is 58.7 Å². The van der Waals surface area contributed by atoms with Gasteiger partial charge in [-0.25, -0.2) is 0 Å². The van der Waals surface area contributed by atoms with Gasteiger partial charge in [-0.2, -0.15) is 0 Å². The zero-order valence-corrected chi connectivity index (χ0v) is 16.0. The Kier molecular flexibility index (Phi) is 6.19. The predicted octanol–water partition coefficient (Wildman–Crippen LogP) is 2.92. The SMILES string of the molecule is CC(C)C[C@H](NC(=O)[C@@H](I)Cc1ccccc1)C(=O)[C@@]1(C)CO1. The highest BCUT2D eigenvalue weighted by molar-refractivity contribution is 14.1. The van der Waals surface area contributed by atoms with Crippen molar-refractivity contribution in [3.05, 3.63) is 35.9 Å². The highest BCUT2D eigenvalue weighted by Gasteiger charge is 2.50. The molecule has 1 saturated heterocycles. The summed E-state index contributed by atoms with van der Waals surface area (Å²) in [5, 5.41) is 2.94. The molecular formula is C18H24INO3. The lowest BCUT2D eigenvalue weighted by Gasteiger charge is -2.22. The maximum absolute atomic E-state index is 12.5. The van der Waals surface area contributed by atoms with Crippen molar-refractivity contribution in [3.63, 3.8) is 0 Å². The largest absolute Gasteiger partial charge is 0.361 e. The first-order chi connectivity index (χ1) is 10.8. The van der Waals surface area contributed by atoms with Gasteiger partial charge >= 0.3 is 0 Å². The Hall–Kier alpha value is -0.950. The third-order valence-electron chi connectivity index (χ3n) is 3.98. The van der Waals surface area contributed by atoms with E-state index in [1.54, 1.807) is 6.92 Å². The van der Waals surface area contributed by atoms with Gasteiger partial charge < -0.3 is 10.1 Å². The number of benzene rings is 1. The molecule has 3 atom stereocenters. The number of nitrogens with one attached hydrogen (secondary N) is 1. The molecule has 0 bridgehead atoms. The quantitative estimate of drug-likeness (QED) is 0.393. The van der Waals surface area contributed by atoms with Crippen LogP contribution in [0.25, 0.3) is 0 Å². The fraction of sp³-hybridized carbons (Fsp3) is 0.556. The Morgan fingerprint density at radius 1 is 1.30 bits per heavy atom. The van der Waals surface area contributed by atoms with Crippen LogP contribution in [0.1, 0.15) is 32.8 Å². The lowest BCUT2D eigenvalue weighted by atomic mass is 9.93. The van der Waals surface area contributed by atoms with Crippen LogP contribution >= 0.6 is 22.6 Å². The molecule has 0 aromatic heterocycles. The minimum Gasteiger partial charge on any atom is -0.361 e. The first-order valence-electron chi connectivity index (χ1n) is 7.98. The van der Waals surface area contributed by atoms with Crippen LogP contribution in [0, 0.1) is 5.92 Å². The third-order valence-corrected chi connectivity index (χ3v) is 4.99. The van der Waals surface area contributed by atoms with E-state index in [1.165, 1.54) is 0 Å². The zero-order valence-electron chi connectivity index (χ0n) is 13.8. The van der Waals surface area contributed by atoms with Gasteiger partial charge in [-0.15, -0.1) is 0 Å². The smallest absolute Gasteiger partial charge is 0.233 e. The van der Waals surface area contributed by atoms with Crippen molar-refractivity contribution in [3.8, 4) is 0 Å². The average molecular weight is 429 g/mol. The van der Waals surface area contributed by atoms with Crippen LogP contribution in [0.2, 0.25) is 0 Å². The van der Waals surface area contributed by atoms with Crippen LogP contribution in [0.3, 0.4) is 0 Å². The van der Waals surface area contributed by atoms with Crippen LogP contribution in [0.5, 0.6) is 0 Å². The number of halogens is 1. The van der Waals surface area contributed by atoms with Crippen molar-refractivity contribution in [1.29, 1.82) is 0 Å². The van der Waals surface area contributed by atoms with E-state index in [0.29, 0.717) is 25.4 Å². The number of carbonyl (C=O) groups is 2. The third kappa shape index (κ3) is 5.28. The Morgan fingerprint density at radius 2 is 1.91 bits per heavy atom. The Balaban J connectivity index is 1.97. The number of epoxide rings is 1. The van der Waals surface area contributed by atoms with Crippen molar-refractivity contribution < 1.29 is 14.3 Å². The van der Waals surface area contributed by atoms with E-state index in [4.69, 9.17) is 4.74 Å². The van der Waals surface area contributed by atoms with Gasteiger partial charge in [-0.3, -0.25) is 9.59 Å². The second-order valence-corrected chi connectivity index (χ2v) is 8.24. The minimum atomic E-state index is -0.701. The molecule has 4 nitrogen and oxygen atoms in total. The zero-order chi connectivity index (χ0) is 17.0. The van der Waals surface area contributed by atoms with Crippen LogP contribution < -0.4 is 5.32 Å². The van der Waals surface area contributed by atoms with Crippen LogP contribution in [0.15, 0.2) is 30.3 Å². The number of Topliss-reactive ketones (excluding diaryl/α,β-unsaturated/α-hetero) is 1. The molecule has 1 amide bonds. The van der Waals surface area contributed by atoms with Gasteiger partial charge in [0.25, 0.3) is 0 Å². The molecule has 0 spiro atoms. The Labute approximate surface area is 151 Å². The monoisotopic (exact) mass is 429 g/mol. The van der Waals surface area contributed by atoms with Crippen molar-refractivity contribution in [2.75, 3.05) is 6.61 Å². The molecule has 2 rings (SSSR count). The van der Waals surface area contributed by atoms with Gasteiger partial charge in [-0.05, 0) is 31.2 Å². The molecule has 1 aliphatic heterocycles. The van der Waals surface area contributed by atoms with E-state index in [2.05, 4.69) is 27.9 Å². The summed E-state index contributed by atoms with van der Waals surface area (Å²) in [6, 6.07) is 9.44. The molecule has 0 aliphatic carbocycles. The fourth-order valence-corrected chi connectivity index (χ4v) is 3.19. The second-order valence-electron chi connectivity index (χ2n) is 6.73. The summed E-state index contributed by atoms with van der Waals surface area (Å²) < 4.78 is 5.05. The first kappa shape index (κ1) is 18.4. The van der Waals surface area contributed by atoms with Gasteiger partial charge in [0.05, 0.1) is 16.6 Å². The molecule has 126 valence electrons. The molecule has 1 aromatic carbocycles. The molecule has 0 radical (unpaired) electrons. The molecule has 1 N–H and O–H groups in total. The summed E-state index contributed by atoms with van der Waals surface area (Å²) in [5.74, 6) is 0.231. The number of carbonyl (C=O) groups excluding carboxylic acids is 2. The molecule has 1 aromatic rings. The van der Waals surface area contributed by atoms with E-state index in [9.17, 15) is 9.59 Å². The van der Waals surface area contributed by atoms with Gasteiger partial charge in [0.15, 0.2) is 5.78 Å². The van der Waals surface area contributed by atoms with E-state index < -0.39 is 11.6 Å². The summed E-state index contributed by atoms with van der Waals surface area (Å²) >= 11 is 2.14. The maximum atomic E-state index is 12.5. The van der Waals surface area contributed by atoms with E-state index in [-0.39, 0.29) is 15.6 Å².